The number of carbonyl (C=O) groups excluding carboxylic acids is 1. The molecule has 1 saturated heterocycles. The van der Waals surface area contributed by atoms with Crippen LogP contribution in [-0.4, -0.2) is 44.7 Å². The Kier molecular flexibility index (Phi) is 5.15. The molecule has 0 aromatic carbocycles. The standard InChI is InChI=1S/C19H25N3O4/c1-12-9-16(14(3)22(12)17-10-13(2)26-20-17)19(25)21-8-4-5-15(11-21)6-7-18(23)24/h9-10,15H,4-8,11H2,1-3H3,(H,23,24). The van der Waals surface area contributed by atoms with E-state index >= 15 is 0 Å². The van der Waals surface area contributed by atoms with Crippen LogP contribution in [0.1, 0.15) is 53.2 Å². The van der Waals surface area contributed by atoms with Gasteiger partial charge in [0.2, 0.25) is 0 Å². The molecule has 0 bridgehead atoms. The molecular formula is C19H25N3O4. The summed E-state index contributed by atoms with van der Waals surface area (Å²) in [5, 5.41) is 12.9. The minimum Gasteiger partial charge on any atom is -0.481 e. The first-order chi connectivity index (χ1) is 12.4. The Morgan fingerprint density at radius 2 is 2.08 bits per heavy atom. The lowest BCUT2D eigenvalue weighted by Crippen LogP contribution is -2.40. The van der Waals surface area contributed by atoms with E-state index in [2.05, 4.69) is 5.16 Å². The molecule has 7 nitrogen and oxygen atoms in total. The summed E-state index contributed by atoms with van der Waals surface area (Å²) in [5.41, 5.74) is 2.44. The molecule has 0 radical (unpaired) electrons. The van der Waals surface area contributed by atoms with Crippen molar-refractivity contribution in [3.05, 3.63) is 34.8 Å². The number of rotatable bonds is 5. The SMILES string of the molecule is Cc1cc(-n2c(C)cc(C(=O)N3CCCC(CCC(=O)O)C3)c2C)no1. The Hall–Kier alpha value is -2.57. The maximum atomic E-state index is 13.1. The van der Waals surface area contributed by atoms with Crippen molar-refractivity contribution < 1.29 is 19.2 Å². The number of carboxylic acid groups (broad SMARTS) is 1. The van der Waals surface area contributed by atoms with Crippen molar-refractivity contribution in [2.24, 2.45) is 5.92 Å². The number of hydrogen-bond donors (Lipinski definition) is 1. The lowest BCUT2D eigenvalue weighted by atomic mass is 9.93. The van der Waals surface area contributed by atoms with Gasteiger partial charge in [-0.25, -0.2) is 0 Å². The Morgan fingerprint density at radius 1 is 1.31 bits per heavy atom. The fourth-order valence-corrected chi connectivity index (χ4v) is 3.77. The number of carbonyl (C=O) groups is 2. The zero-order valence-electron chi connectivity index (χ0n) is 15.5. The van der Waals surface area contributed by atoms with Gasteiger partial charge in [0.1, 0.15) is 5.76 Å². The van der Waals surface area contributed by atoms with Gasteiger partial charge in [-0.1, -0.05) is 5.16 Å². The van der Waals surface area contributed by atoms with E-state index in [1.54, 1.807) is 0 Å². The van der Waals surface area contributed by atoms with Gasteiger partial charge in [-0.3, -0.25) is 14.2 Å². The van der Waals surface area contributed by atoms with Crippen molar-refractivity contribution in [3.63, 3.8) is 0 Å². The smallest absolute Gasteiger partial charge is 0.303 e. The lowest BCUT2D eigenvalue weighted by Gasteiger charge is -2.32. The van der Waals surface area contributed by atoms with E-state index in [4.69, 9.17) is 9.63 Å². The van der Waals surface area contributed by atoms with E-state index in [1.165, 1.54) is 0 Å². The van der Waals surface area contributed by atoms with Crippen molar-refractivity contribution in [1.29, 1.82) is 0 Å². The number of aryl methyl sites for hydroxylation is 2. The molecule has 2 aromatic rings. The van der Waals surface area contributed by atoms with Gasteiger partial charge in [0.25, 0.3) is 5.91 Å². The summed E-state index contributed by atoms with van der Waals surface area (Å²) in [7, 11) is 0. The van der Waals surface area contributed by atoms with E-state index in [9.17, 15) is 9.59 Å². The van der Waals surface area contributed by atoms with Crippen molar-refractivity contribution >= 4 is 11.9 Å². The summed E-state index contributed by atoms with van der Waals surface area (Å²) in [6, 6.07) is 3.74. The van der Waals surface area contributed by atoms with Crippen LogP contribution < -0.4 is 0 Å². The molecule has 1 unspecified atom stereocenters. The van der Waals surface area contributed by atoms with Gasteiger partial charge >= 0.3 is 5.97 Å². The molecule has 7 heteroatoms. The minimum absolute atomic E-state index is 0.00425. The van der Waals surface area contributed by atoms with E-state index in [0.29, 0.717) is 24.3 Å². The van der Waals surface area contributed by atoms with Crippen LogP contribution in [0, 0.1) is 26.7 Å². The van der Waals surface area contributed by atoms with Crippen LogP contribution in [0.3, 0.4) is 0 Å². The zero-order chi connectivity index (χ0) is 18.8. The first-order valence-corrected chi connectivity index (χ1v) is 9.00. The third-order valence-corrected chi connectivity index (χ3v) is 5.08. The molecule has 3 heterocycles. The average Bonchev–Trinajstić information content (AvgIpc) is 3.15. The topological polar surface area (TPSA) is 88.6 Å². The number of likely N-dealkylation sites (tertiary alicyclic amines) is 1. The van der Waals surface area contributed by atoms with E-state index in [0.717, 1.165) is 36.5 Å². The number of carboxylic acids is 1. The van der Waals surface area contributed by atoms with Gasteiger partial charge in [-0.15, -0.1) is 0 Å². The quantitative estimate of drug-likeness (QED) is 0.886. The Labute approximate surface area is 152 Å². The predicted octanol–water partition coefficient (Wildman–Crippen LogP) is 3.11. The van der Waals surface area contributed by atoms with Crippen LogP contribution in [0.15, 0.2) is 16.7 Å². The van der Waals surface area contributed by atoms with Gasteiger partial charge < -0.3 is 14.5 Å². The van der Waals surface area contributed by atoms with Crippen molar-refractivity contribution in [2.45, 2.75) is 46.5 Å². The molecule has 0 spiro atoms. The molecule has 1 aliphatic rings. The minimum atomic E-state index is -0.778. The fraction of sp³-hybridized carbons (Fsp3) is 0.526. The van der Waals surface area contributed by atoms with Crippen LogP contribution in [-0.2, 0) is 4.79 Å². The molecular weight excluding hydrogens is 334 g/mol. The molecule has 1 atom stereocenters. The molecule has 2 aromatic heterocycles. The maximum Gasteiger partial charge on any atom is 0.303 e. The number of piperidine rings is 1. The van der Waals surface area contributed by atoms with Crippen LogP contribution >= 0.6 is 0 Å². The highest BCUT2D eigenvalue weighted by atomic mass is 16.5. The van der Waals surface area contributed by atoms with Crippen LogP contribution in [0.2, 0.25) is 0 Å². The summed E-state index contributed by atoms with van der Waals surface area (Å²) in [6.45, 7) is 7.03. The van der Waals surface area contributed by atoms with Crippen molar-refractivity contribution in [3.8, 4) is 5.82 Å². The first-order valence-electron chi connectivity index (χ1n) is 9.00. The molecule has 1 N–H and O–H groups in total. The number of nitrogens with zero attached hydrogens (tertiary/aromatic N) is 3. The highest BCUT2D eigenvalue weighted by Crippen LogP contribution is 2.26. The fourth-order valence-electron chi connectivity index (χ4n) is 3.77. The van der Waals surface area contributed by atoms with Crippen molar-refractivity contribution in [2.75, 3.05) is 13.1 Å². The highest BCUT2D eigenvalue weighted by molar-refractivity contribution is 5.96. The summed E-state index contributed by atoms with van der Waals surface area (Å²) in [4.78, 5) is 25.7. The number of aromatic nitrogens is 2. The van der Waals surface area contributed by atoms with Gasteiger partial charge in [0.15, 0.2) is 5.82 Å². The number of amides is 1. The van der Waals surface area contributed by atoms with Crippen LogP contribution in [0.5, 0.6) is 0 Å². The summed E-state index contributed by atoms with van der Waals surface area (Å²) in [5.74, 6) is 0.877. The summed E-state index contributed by atoms with van der Waals surface area (Å²) >= 11 is 0. The molecule has 3 rings (SSSR count). The second-order valence-corrected chi connectivity index (χ2v) is 7.11. The van der Waals surface area contributed by atoms with Gasteiger partial charge in [-0.05, 0) is 52.0 Å². The van der Waals surface area contributed by atoms with Crippen molar-refractivity contribution in [1.82, 2.24) is 14.6 Å². The molecule has 0 aliphatic carbocycles. The van der Waals surface area contributed by atoms with E-state index < -0.39 is 5.97 Å². The Bertz CT molecular complexity index is 821. The largest absolute Gasteiger partial charge is 0.481 e. The number of hydrogen-bond acceptors (Lipinski definition) is 4. The molecule has 1 aliphatic heterocycles. The molecule has 1 amide bonds. The van der Waals surface area contributed by atoms with Crippen LogP contribution in [0.25, 0.3) is 5.82 Å². The third kappa shape index (κ3) is 3.66. The van der Waals surface area contributed by atoms with Gasteiger partial charge in [0.05, 0.1) is 5.56 Å². The van der Waals surface area contributed by atoms with E-state index in [1.807, 2.05) is 42.4 Å². The molecule has 26 heavy (non-hydrogen) atoms. The monoisotopic (exact) mass is 359 g/mol. The zero-order valence-corrected chi connectivity index (χ0v) is 15.5. The Morgan fingerprint density at radius 3 is 2.73 bits per heavy atom. The molecule has 0 saturated carbocycles. The summed E-state index contributed by atoms with van der Waals surface area (Å²) < 4.78 is 7.09. The van der Waals surface area contributed by atoms with Gasteiger partial charge in [0, 0.05) is 37.0 Å². The second kappa shape index (κ2) is 7.35. The molecule has 140 valence electrons. The average molecular weight is 359 g/mol. The third-order valence-electron chi connectivity index (χ3n) is 5.08. The predicted molar refractivity (Wildman–Crippen MR) is 95.5 cm³/mol. The maximum absolute atomic E-state index is 13.1. The molecule has 1 fully saturated rings. The highest BCUT2D eigenvalue weighted by Gasteiger charge is 2.27. The lowest BCUT2D eigenvalue weighted by molar-refractivity contribution is -0.137. The second-order valence-electron chi connectivity index (χ2n) is 7.11. The summed E-state index contributed by atoms with van der Waals surface area (Å²) in [6.07, 6.45) is 2.68. The normalized spacial score (nSPS) is 17.5. The van der Waals surface area contributed by atoms with E-state index in [-0.39, 0.29) is 18.2 Å². The first kappa shape index (κ1) is 18.2. The Balaban J connectivity index is 1.78. The number of aliphatic carboxylic acids is 1. The van der Waals surface area contributed by atoms with Crippen LogP contribution in [0.4, 0.5) is 0 Å². The van der Waals surface area contributed by atoms with Gasteiger partial charge in [-0.2, -0.15) is 0 Å².